The second-order valence-electron chi connectivity index (χ2n) is 20.3. The van der Waals surface area contributed by atoms with Gasteiger partial charge in [0.05, 0.1) is 19.6 Å². The van der Waals surface area contributed by atoms with Crippen LogP contribution in [0.2, 0.25) is 0 Å². The van der Waals surface area contributed by atoms with E-state index >= 15 is 0 Å². The van der Waals surface area contributed by atoms with Gasteiger partial charge in [0.2, 0.25) is 0 Å². The lowest BCUT2D eigenvalue weighted by Crippen LogP contribution is -2.55. The molecule has 0 aliphatic heterocycles. The van der Waals surface area contributed by atoms with Crippen LogP contribution in [0.25, 0.3) is 32.3 Å². The van der Waals surface area contributed by atoms with Crippen molar-refractivity contribution in [3.63, 3.8) is 0 Å². The molecule has 33 heteroatoms. The Morgan fingerprint density at radius 2 is 0.552 bits per heavy atom. The van der Waals surface area contributed by atoms with Gasteiger partial charge in [-0.2, -0.15) is 64.8 Å². The summed E-state index contributed by atoms with van der Waals surface area (Å²) in [5, 5.41) is 12.1. The van der Waals surface area contributed by atoms with Gasteiger partial charge in [-0.25, -0.2) is 28.1 Å². The van der Waals surface area contributed by atoms with E-state index in [1.54, 1.807) is 72.8 Å². The number of aromatic nitrogens is 3. The van der Waals surface area contributed by atoms with Gasteiger partial charge in [0, 0.05) is 16.7 Å². The van der Waals surface area contributed by atoms with Gasteiger partial charge in [-0.3, -0.25) is 12.9 Å². The largest absolute Gasteiger partial charge is 0.492 e. The minimum absolute atomic E-state index is 0.162. The van der Waals surface area contributed by atoms with E-state index in [1.165, 1.54) is 36.4 Å². The molecule has 498 valence electrons. The first-order valence-electron chi connectivity index (χ1n) is 27.8. The second kappa shape index (κ2) is 27.6. The van der Waals surface area contributed by atoms with Crippen molar-refractivity contribution >= 4 is 79.8 Å². The highest BCUT2D eigenvalue weighted by Gasteiger charge is 2.41. The van der Waals surface area contributed by atoms with Gasteiger partial charge in [0.15, 0.2) is 17.1 Å². The van der Waals surface area contributed by atoms with Crippen molar-refractivity contribution in [1.82, 2.24) is 13.7 Å². The van der Waals surface area contributed by atoms with E-state index in [4.69, 9.17) is 14.2 Å². The van der Waals surface area contributed by atoms with Crippen LogP contribution in [-0.2, 0) is 62.8 Å². The van der Waals surface area contributed by atoms with Crippen LogP contribution in [0.1, 0.15) is 16.7 Å². The molecular weight excluding hydrogens is 1350 g/mol. The van der Waals surface area contributed by atoms with Gasteiger partial charge in [-0.1, -0.05) is 106 Å². The lowest BCUT2D eigenvalue weighted by molar-refractivity contribution is -0.0606. The summed E-state index contributed by atoms with van der Waals surface area (Å²) in [6.07, 6.45) is -15.8. The van der Waals surface area contributed by atoms with Crippen LogP contribution in [0.4, 0.5) is 39.5 Å². The predicted octanol–water partition coefficient (Wildman–Crippen LogP) is 10.9. The third-order valence-corrected chi connectivity index (χ3v) is 17.3. The smallest absolute Gasteiger partial charge is 0.437 e. The molecule has 1 aromatic heterocycles. The van der Waals surface area contributed by atoms with Crippen LogP contribution in [0.15, 0.2) is 245 Å². The van der Waals surface area contributed by atoms with Crippen molar-refractivity contribution in [2.45, 2.75) is 52.8 Å². The number of halogens is 9. The first-order valence-corrected chi connectivity index (χ1v) is 32.0. The molecule has 0 spiro atoms. The number of hydrogen-bond donors (Lipinski definition) is 0. The summed E-state index contributed by atoms with van der Waals surface area (Å²) in [5.74, 6) is -0.486. The van der Waals surface area contributed by atoms with Crippen LogP contribution >= 0.6 is 0 Å². The topological polar surface area (TPSA) is 261 Å². The number of rotatable bonds is 24. The summed E-state index contributed by atoms with van der Waals surface area (Å²) in [6.45, 7) is -3.82. The molecule has 96 heavy (non-hydrogen) atoms. The molecule has 0 amide bonds. The van der Waals surface area contributed by atoms with Gasteiger partial charge < -0.3 is 14.2 Å². The van der Waals surface area contributed by atoms with E-state index < -0.39 is 154 Å². The number of nitrogens with zero attached hydrogens (tertiary/aromatic N) is 6. The van der Waals surface area contributed by atoms with E-state index in [9.17, 15) is 79.2 Å². The van der Waals surface area contributed by atoms with Crippen molar-refractivity contribution < 1.29 is 91.8 Å². The zero-order valence-corrected chi connectivity index (χ0v) is 51.2. The fourth-order valence-electron chi connectivity index (χ4n) is 9.31. The van der Waals surface area contributed by atoms with E-state index in [0.717, 1.165) is 91.0 Å². The maximum absolute atomic E-state index is 14.3. The van der Waals surface area contributed by atoms with Crippen LogP contribution < -0.4 is 31.3 Å². The number of fused-ring (bicyclic) bond motifs is 3. The molecule has 0 aliphatic rings. The minimum atomic E-state index is -5.27. The molecule has 9 aromatic carbocycles. The van der Waals surface area contributed by atoms with E-state index in [-0.39, 0.29) is 17.2 Å². The van der Waals surface area contributed by atoms with Crippen molar-refractivity contribution in [2.24, 2.45) is 15.5 Å². The summed E-state index contributed by atoms with van der Waals surface area (Å²) < 4.78 is 239. The lowest BCUT2D eigenvalue weighted by atomic mass is 10.1. The van der Waals surface area contributed by atoms with Gasteiger partial charge in [0.25, 0.3) is 0 Å². The number of ether oxygens (including phenoxy) is 3. The Kier molecular flexibility index (Phi) is 19.6. The molecule has 0 N–H and O–H groups in total. The number of oxime groups is 3. The van der Waals surface area contributed by atoms with Crippen molar-refractivity contribution in [1.29, 1.82) is 0 Å². The monoisotopic (exact) mass is 1390 g/mol. The van der Waals surface area contributed by atoms with Gasteiger partial charge in [0.1, 0.15) is 51.8 Å². The standard InChI is InChI=1S/C63H45F9N6O15S3/c64-61(65,66)55(73-91-94(82,83)52-28-19-40-7-1-4-10-46(40)37-52)43-13-22-49(23-14-43)88-34-31-76-58(79)77(32-35-89-50-24-15-44(16-25-50)56(62(67,68)69)74-92-95(84,85)53-29-20-41-8-2-5-11-47(41)38-53)60(81)78(59(76)80)33-36-90-51-26-17-45(18-27-51)57(63(70,71)72)75-93-96(86,87)54-30-21-42-9-3-6-12-48(42)39-54/h1-30,37-39H,31-36H2/b73-55-,74-56-,75-57-. The predicted molar refractivity (Wildman–Crippen MR) is 329 cm³/mol. The quantitative estimate of drug-likeness (QED) is 0.0309. The molecule has 0 saturated heterocycles. The Bertz CT molecular complexity index is 4670. The zero-order valence-electron chi connectivity index (χ0n) is 48.7. The highest BCUT2D eigenvalue weighted by atomic mass is 32.2. The van der Waals surface area contributed by atoms with Gasteiger partial charge in [-0.15, -0.1) is 0 Å². The number of hydrogen-bond acceptors (Lipinski definition) is 18. The van der Waals surface area contributed by atoms with Crippen molar-refractivity contribution in [2.75, 3.05) is 19.8 Å². The van der Waals surface area contributed by atoms with Gasteiger partial charge in [-0.05, 0) is 142 Å². The first-order chi connectivity index (χ1) is 45.4. The third-order valence-electron chi connectivity index (χ3n) is 14.0. The summed E-state index contributed by atoms with van der Waals surface area (Å²) in [4.78, 5) is 40.5. The van der Waals surface area contributed by atoms with E-state index in [1.807, 2.05) is 0 Å². The second-order valence-corrected chi connectivity index (χ2v) is 24.9. The lowest BCUT2D eigenvalue weighted by Gasteiger charge is -2.16. The highest BCUT2D eigenvalue weighted by Crippen LogP contribution is 2.31. The maximum atomic E-state index is 14.3. The van der Waals surface area contributed by atoms with Gasteiger partial charge >= 0.3 is 66.0 Å². The molecule has 0 aliphatic carbocycles. The molecule has 0 saturated carbocycles. The molecule has 0 fully saturated rings. The Morgan fingerprint density at radius 1 is 0.323 bits per heavy atom. The Morgan fingerprint density at radius 3 is 0.781 bits per heavy atom. The molecule has 0 radical (unpaired) electrons. The van der Waals surface area contributed by atoms with Crippen LogP contribution in [0, 0.1) is 0 Å². The van der Waals surface area contributed by atoms with Crippen LogP contribution in [-0.4, -0.2) is 94.4 Å². The molecule has 10 rings (SSSR count). The summed E-state index contributed by atoms with van der Waals surface area (Å²) in [5.41, 5.74) is -11.1. The Labute approximate surface area is 536 Å². The highest BCUT2D eigenvalue weighted by molar-refractivity contribution is 7.87. The van der Waals surface area contributed by atoms with Crippen molar-refractivity contribution in [3.8, 4) is 17.2 Å². The summed E-state index contributed by atoms with van der Waals surface area (Å²) in [6, 6.07) is 42.1. The molecule has 0 bridgehead atoms. The number of alkyl halides is 9. The first kappa shape index (κ1) is 68.1. The summed E-state index contributed by atoms with van der Waals surface area (Å²) in [7, 11) is -14.6. The number of benzene rings is 9. The molecule has 0 unspecified atom stereocenters. The zero-order chi connectivity index (χ0) is 68.8. The average molecular weight is 1390 g/mol. The van der Waals surface area contributed by atoms with Crippen molar-refractivity contribution in [3.05, 3.63) is 248 Å². The fourth-order valence-corrected chi connectivity index (χ4v) is 11.6. The fraction of sp³-hybridized carbons (Fsp3) is 0.143. The maximum Gasteiger partial charge on any atom is 0.437 e. The molecule has 1 heterocycles. The minimum Gasteiger partial charge on any atom is -0.492 e. The van der Waals surface area contributed by atoms with Crippen LogP contribution in [0.5, 0.6) is 17.2 Å². The Hall–Kier alpha value is -10.8. The van der Waals surface area contributed by atoms with Crippen LogP contribution in [0.3, 0.4) is 0 Å². The average Bonchev–Trinajstić information content (AvgIpc) is 0.791. The van der Waals surface area contributed by atoms with E-state index in [2.05, 4.69) is 28.3 Å². The summed E-state index contributed by atoms with van der Waals surface area (Å²) >= 11 is 0. The molecule has 0 atom stereocenters. The third kappa shape index (κ3) is 16.0. The molecular formula is C63H45F9N6O15S3. The SMILES string of the molecule is O=c1n(CCOc2ccc(/C(=N/OS(=O)(=O)c3ccc4ccccc4c3)C(F)(F)F)cc2)c(=O)n(CCOc2ccc(/C(=N/OS(=O)(=O)c3ccc4ccccc4c3)C(F)(F)F)cc2)c(=O)n1CCOc1ccc(/C(=N/OS(=O)(=O)c2ccc3ccccc3c2)C(F)(F)F)cc1. The Balaban J connectivity index is 0.853. The molecule has 10 aromatic rings. The normalized spacial score (nSPS) is 13.0. The molecule has 21 nitrogen and oxygen atoms in total. The van der Waals surface area contributed by atoms with E-state index in [0.29, 0.717) is 46.0 Å².